The van der Waals surface area contributed by atoms with Crippen LogP contribution in [0.15, 0.2) is 53.0 Å². The van der Waals surface area contributed by atoms with E-state index in [2.05, 4.69) is 26.6 Å². The number of amides is 2. The van der Waals surface area contributed by atoms with Crippen LogP contribution >= 0.6 is 15.9 Å². The summed E-state index contributed by atoms with van der Waals surface area (Å²) in [5, 5.41) is 4.78. The van der Waals surface area contributed by atoms with Crippen LogP contribution in [0.1, 0.15) is 10.4 Å². The molecule has 0 saturated carbocycles. The second-order valence-electron chi connectivity index (χ2n) is 4.88. The first kappa shape index (κ1) is 18.6. The van der Waals surface area contributed by atoms with E-state index in [1.807, 2.05) is 0 Å². The van der Waals surface area contributed by atoms with Gasteiger partial charge in [0, 0.05) is 10.2 Å². The summed E-state index contributed by atoms with van der Waals surface area (Å²) in [6, 6.07) is 12.3. The number of esters is 1. The molecule has 0 aromatic heterocycles. The molecule has 25 heavy (non-hydrogen) atoms. The van der Waals surface area contributed by atoms with Crippen molar-refractivity contribution in [3.05, 3.63) is 64.4 Å². The highest BCUT2D eigenvalue weighted by atomic mass is 79.9. The number of carbonyl (C=O) groups excluding carboxylic acids is 3. The fourth-order valence-corrected chi connectivity index (χ4v) is 2.25. The van der Waals surface area contributed by atoms with Crippen LogP contribution in [-0.4, -0.2) is 30.9 Å². The van der Waals surface area contributed by atoms with Crippen LogP contribution in [0, 0.1) is 5.82 Å². The molecule has 2 amide bonds. The maximum absolute atomic E-state index is 13.4. The maximum Gasteiger partial charge on any atom is 0.325 e. The lowest BCUT2D eigenvalue weighted by molar-refractivity contribution is -0.146. The summed E-state index contributed by atoms with van der Waals surface area (Å²) in [4.78, 5) is 35.0. The molecule has 0 aliphatic heterocycles. The van der Waals surface area contributed by atoms with Crippen molar-refractivity contribution < 1.29 is 23.5 Å². The smallest absolute Gasteiger partial charge is 0.325 e. The SMILES string of the molecule is O=C(COC(=O)CNC(=O)c1ccccc1F)Nc1cccc(Br)c1. The van der Waals surface area contributed by atoms with Gasteiger partial charge in [-0.25, -0.2) is 4.39 Å². The minimum absolute atomic E-state index is 0.178. The largest absolute Gasteiger partial charge is 0.454 e. The van der Waals surface area contributed by atoms with Gasteiger partial charge in [0.25, 0.3) is 11.8 Å². The van der Waals surface area contributed by atoms with Crippen molar-refractivity contribution in [3.63, 3.8) is 0 Å². The molecule has 2 N–H and O–H groups in total. The normalized spacial score (nSPS) is 10.0. The highest BCUT2D eigenvalue weighted by molar-refractivity contribution is 9.10. The summed E-state index contributed by atoms with van der Waals surface area (Å²) in [5.41, 5.74) is 0.367. The Labute approximate surface area is 151 Å². The molecule has 8 heteroatoms. The second-order valence-corrected chi connectivity index (χ2v) is 5.80. The van der Waals surface area contributed by atoms with Gasteiger partial charge in [0.1, 0.15) is 12.4 Å². The number of hydrogen-bond acceptors (Lipinski definition) is 4. The van der Waals surface area contributed by atoms with E-state index in [4.69, 9.17) is 4.74 Å². The topological polar surface area (TPSA) is 84.5 Å². The molecule has 0 heterocycles. The zero-order valence-corrected chi connectivity index (χ0v) is 14.5. The van der Waals surface area contributed by atoms with E-state index in [1.165, 1.54) is 18.2 Å². The molecule has 0 saturated heterocycles. The van der Waals surface area contributed by atoms with E-state index < -0.39 is 36.8 Å². The average molecular weight is 409 g/mol. The molecule has 2 aromatic rings. The van der Waals surface area contributed by atoms with Crippen molar-refractivity contribution in [1.82, 2.24) is 5.32 Å². The first-order valence-corrected chi connectivity index (χ1v) is 7.99. The third-order valence-electron chi connectivity index (χ3n) is 2.98. The van der Waals surface area contributed by atoms with Crippen molar-refractivity contribution in [2.24, 2.45) is 0 Å². The van der Waals surface area contributed by atoms with Gasteiger partial charge in [-0.15, -0.1) is 0 Å². The van der Waals surface area contributed by atoms with E-state index >= 15 is 0 Å². The molecule has 2 aromatic carbocycles. The Morgan fingerprint density at radius 1 is 1.08 bits per heavy atom. The molecule has 0 aliphatic rings. The quantitative estimate of drug-likeness (QED) is 0.719. The van der Waals surface area contributed by atoms with Crippen LogP contribution in [0.5, 0.6) is 0 Å². The predicted molar refractivity (Wildman–Crippen MR) is 92.5 cm³/mol. The summed E-state index contributed by atoms with van der Waals surface area (Å²) in [7, 11) is 0. The van der Waals surface area contributed by atoms with Crippen molar-refractivity contribution in [2.45, 2.75) is 0 Å². The van der Waals surface area contributed by atoms with E-state index in [0.717, 1.165) is 10.5 Å². The highest BCUT2D eigenvalue weighted by Crippen LogP contribution is 2.15. The lowest BCUT2D eigenvalue weighted by Crippen LogP contribution is -2.32. The number of ether oxygens (including phenoxy) is 1. The van der Waals surface area contributed by atoms with E-state index in [1.54, 1.807) is 24.3 Å². The van der Waals surface area contributed by atoms with Gasteiger partial charge in [0.15, 0.2) is 6.61 Å². The summed E-state index contributed by atoms with van der Waals surface area (Å²) in [6.07, 6.45) is 0. The lowest BCUT2D eigenvalue weighted by Gasteiger charge is -2.08. The van der Waals surface area contributed by atoms with Crippen LogP contribution in [0.2, 0.25) is 0 Å². The van der Waals surface area contributed by atoms with Crippen molar-refractivity contribution in [2.75, 3.05) is 18.5 Å². The Bertz CT molecular complexity index is 798. The summed E-state index contributed by atoms with van der Waals surface area (Å²) >= 11 is 3.27. The number of halogens is 2. The number of benzene rings is 2. The first-order valence-electron chi connectivity index (χ1n) is 7.19. The average Bonchev–Trinajstić information content (AvgIpc) is 2.58. The molecule has 0 radical (unpaired) electrons. The van der Waals surface area contributed by atoms with Crippen LogP contribution in [0.25, 0.3) is 0 Å². The van der Waals surface area contributed by atoms with Gasteiger partial charge in [-0.2, -0.15) is 0 Å². The molecule has 6 nitrogen and oxygen atoms in total. The maximum atomic E-state index is 13.4. The Kier molecular flexibility index (Phi) is 6.64. The van der Waals surface area contributed by atoms with Crippen LogP contribution in [0.4, 0.5) is 10.1 Å². The number of nitrogens with one attached hydrogen (secondary N) is 2. The minimum atomic E-state index is -0.811. The van der Waals surface area contributed by atoms with Gasteiger partial charge in [0.05, 0.1) is 5.56 Å². The molecule has 2 rings (SSSR count). The molecular weight excluding hydrogens is 395 g/mol. The Morgan fingerprint density at radius 2 is 1.84 bits per heavy atom. The van der Waals surface area contributed by atoms with Gasteiger partial charge >= 0.3 is 5.97 Å². The van der Waals surface area contributed by atoms with Crippen molar-refractivity contribution >= 4 is 39.4 Å². The number of anilines is 1. The fourth-order valence-electron chi connectivity index (χ4n) is 1.85. The van der Waals surface area contributed by atoms with Gasteiger partial charge in [-0.05, 0) is 30.3 Å². The molecular formula is C17H14BrFN2O4. The van der Waals surface area contributed by atoms with E-state index in [9.17, 15) is 18.8 Å². The summed E-state index contributed by atoms with van der Waals surface area (Å²) < 4.78 is 19.0. The van der Waals surface area contributed by atoms with Gasteiger partial charge in [-0.3, -0.25) is 14.4 Å². The number of carbonyl (C=O) groups is 3. The molecule has 0 unspecified atom stereocenters. The Morgan fingerprint density at radius 3 is 2.56 bits per heavy atom. The zero-order valence-electron chi connectivity index (χ0n) is 12.9. The molecule has 0 spiro atoms. The third-order valence-corrected chi connectivity index (χ3v) is 3.48. The summed E-state index contributed by atoms with van der Waals surface area (Å²) in [5.74, 6) is -2.77. The molecule has 0 bridgehead atoms. The fraction of sp³-hybridized carbons (Fsp3) is 0.118. The predicted octanol–water partition coefficient (Wildman–Crippen LogP) is 2.50. The first-order chi connectivity index (χ1) is 12.0. The third kappa shape index (κ3) is 6.00. The number of hydrogen-bond donors (Lipinski definition) is 2. The Hall–Kier alpha value is -2.74. The van der Waals surface area contributed by atoms with Crippen LogP contribution in [0.3, 0.4) is 0 Å². The standard InChI is InChI=1S/C17H14BrFN2O4/c18-11-4-3-5-12(8-11)21-15(22)10-25-16(23)9-20-17(24)13-6-1-2-7-14(13)19/h1-8H,9-10H2,(H,20,24)(H,21,22). The van der Waals surface area contributed by atoms with Gasteiger partial charge in [-0.1, -0.05) is 34.1 Å². The van der Waals surface area contributed by atoms with E-state index in [0.29, 0.717) is 5.69 Å². The minimum Gasteiger partial charge on any atom is -0.454 e. The van der Waals surface area contributed by atoms with Crippen LogP contribution in [-0.2, 0) is 14.3 Å². The number of rotatable bonds is 6. The molecule has 130 valence electrons. The van der Waals surface area contributed by atoms with Gasteiger partial charge < -0.3 is 15.4 Å². The monoisotopic (exact) mass is 408 g/mol. The Balaban J connectivity index is 1.74. The molecule has 0 fully saturated rings. The highest BCUT2D eigenvalue weighted by Gasteiger charge is 2.13. The van der Waals surface area contributed by atoms with Crippen molar-refractivity contribution in [3.8, 4) is 0 Å². The molecule has 0 atom stereocenters. The lowest BCUT2D eigenvalue weighted by atomic mass is 10.2. The zero-order chi connectivity index (χ0) is 18.2. The molecule has 0 aliphatic carbocycles. The van der Waals surface area contributed by atoms with Gasteiger partial charge in [0.2, 0.25) is 0 Å². The second kappa shape index (κ2) is 8.93. The summed E-state index contributed by atoms with van der Waals surface area (Å²) in [6.45, 7) is -0.974. The van der Waals surface area contributed by atoms with E-state index in [-0.39, 0.29) is 5.56 Å². The van der Waals surface area contributed by atoms with Crippen LogP contribution < -0.4 is 10.6 Å². The van der Waals surface area contributed by atoms with Crippen molar-refractivity contribution in [1.29, 1.82) is 0 Å².